The zero-order valence-electron chi connectivity index (χ0n) is 12.8. The van der Waals surface area contributed by atoms with Crippen LogP contribution in [0.15, 0.2) is 6.07 Å². The first-order valence-corrected chi connectivity index (χ1v) is 7.56. The molecule has 5 heteroatoms. The molecular formula is C15H26N4O. The molecule has 20 heavy (non-hydrogen) atoms. The van der Waals surface area contributed by atoms with Crippen LogP contribution in [0.4, 0.5) is 11.6 Å². The molecule has 1 saturated heterocycles. The molecule has 112 valence electrons. The standard InChI is InChI=1S/C15H26N4O/c1-4-20-10-14-17-13(16)9-15(18-14)19-7-5-12(6-8-19)11(2)3/h9,11-12H,4-8,10H2,1-3H3,(H2,16,17,18). The summed E-state index contributed by atoms with van der Waals surface area (Å²) in [5.74, 6) is 3.73. The minimum atomic E-state index is 0.428. The monoisotopic (exact) mass is 278 g/mol. The van der Waals surface area contributed by atoms with Crippen LogP contribution in [0.1, 0.15) is 39.4 Å². The minimum Gasteiger partial charge on any atom is -0.384 e. The Kier molecular flexibility index (Phi) is 5.17. The van der Waals surface area contributed by atoms with E-state index in [1.54, 1.807) is 0 Å². The fourth-order valence-electron chi connectivity index (χ4n) is 2.72. The summed E-state index contributed by atoms with van der Waals surface area (Å²) in [4.78, 5) is 11.1. The molecule has 2 rings (SSSR count). The first kappa shape index (κ1) is 15.0. The van der Waals surface area contributed by atoms with E-state index in [0.717, 1.165) is 30.7 Å². The molecule has 2 N–H and O–H groups in total. The van der Waals surface area contributed by atoms with Crippen molar-refractivity contribution in [1.82, 2.24) is 9.97 Å². The highest BCUT2D eigenvalue weighted by atomic mass is 16.5. The molecule has 1 aromatic rings. The van der Waals surface area contributed by atoms with E-state index in [1.165, 1.54) is 12.8 Å². The van der Waals surface area contributed by atoms with Gasteiger partial charge in [-0.2, -0.15) is 0 Å². The van der Waals surface area contributed by atoms with Crippen LogP contribution in [0, 0.1) is 11.8 Å². The topological polar surface area (TPSA) is 64.3 Å². The Morgan fingerprint density at radius 3 is 2.65 bits per heavy atom. The fourth-order valence-corrected chi connectivity index (χ4v) is 2.72. The lowest BCUT2D eigenvalue weighted by atomic mass is 9.87. The number of anilines is 2. The number of nitrogens with two attached hydrogens (primary N) is 1. The first-order valence-electron chi connectivity index (χ1n) is 7.56. The van der Waals surface area contributed by atoms with E-state index in [4.69, 9.17) is 10.5 Å². The average Bonchev–Trinajstić information content (AvgIpc) is 2.44. The van der Waals surface area contributed by atoms with Crippen LogP contribution in [0.2, 0.25) is 0 Å². The first-order chi connectivity index (χ1) is 9.60. The summed E-state index contributed by atoms with van der Waals surface area (Å²) in [6, 6.07) is 1.87. The summed E-state index contributed by atoms with van der Waals surface area (Å²) in [5.41, 5.74) is 5.88. The van der Waals surface area contributed by atoms with Gasteiger partial charge in [-0.05, 0) is 31.6 Å². The molecule has 1 aliphatic rings. The maximum Gasteiger partial charge on any atom is 0.158 e. The highest BCUT2D eigenvalue weighted by Crippen LogP contribution is 2.27. The average molecular weight is 278 g/mol. The van der Waals surface area contributed by atoms with Crippen molar-refractivity contribution in [2.24, 2.45) is 11.8 Å². The Morgan fingerprint density at radius 1 is 1.35 bits per heavy atom. The lowest BCUT2D eigenvalue weighted by Gasteiger charge is -2.34. The smallest absolute Gasteiger partial charge is 0.158 e. The quantitative estimate of drug-likeness (QED) is 0.896. The summed E-state index contributed by atoms with van der Waals surface area (Å²) in [7, 11) is 0. The van der Waals surface area contributed by atoms with Gasteiger partial charge >= 0.3 is 0 Å². The summed E-state index contributed by atoms with van der Waals surface area (Å²) < 4.78 is 5.37. The molecule has 1 aromatic heterocycles. The number of nitrogen functional groups attached to an aromatic ring is 1. The number of ether oxygens (including phenoxy) is 1. The van der Waals surface area contributed by atoms with Gasteiger partial charge in [0.05, 0.1) is 0 Å². The molecule has 0 aliphatic carbocycles. The molecule has 5 nitrogen and oxygen atoms in total. The van der Waals surface area contributed by atoms with E-state index in [2.05, 4.69) is 28.7 Å². The van der Waals surface area contributed by atoms with Gasteiger partial charge in [0.15, 0.2) is 5.82 Å². The number of piperidine rings is 1. The molecule has 0 atom stereocenters. The van der Waals surface area contributed by atoms with E-state index in [-0.39, 0.29) is 0 Å². The van der Waals surface area contributed by atoms with Crippen molar-refractivity contribution in [3.63, 3.8) is 0 Å². The number of hydrogen-bond acceptors (Lipinski definition) is 5. The molecule has 1 fully saturated rings. The Bertz CT molecular complexity index is 428. The SMILES string of the molecule is CCOCc1nc(N)cc(N2CCC(C(C)C)CC2)n1. The van der Waals surface area contributed by atoms with Crippen LogP contribution in [-0.2, 0) is 11.3 Å². The van der Waals surface area contributed by atoms with Crippen molar-refractivity contribution < 1.29 is 4.74 Å². The molecule has 0 spiro atoms. The normalized spacial score (nSPS) is 16.9. The van der Waals surface area contributed by atoms with Gasteiger partial charge < -0.3 is 15.4 Å². The highest BCUT2D eigenvalue weighted by molar-refractivity contribution is 5.47. The minimum absolute atomic E-state index is 0.428. The van der Waals surface area contributed by atoms with E-state index in [1.807, 2.05) is 13.0 Å². The molecule has 0 bridgehead atoms. The zero-order valence-corrected chi connectivity index (χ0v) is 12.8. The van der Waals surface area contributed by atoms with Gasteiger partial charge in [0.2, 0.25) is 0 Å². The van der Waals surface area contributed by atoms with Gasteiger partial charge in [-0.3, -0.25) is 0 Å². The zero-order chi connectivity index (χ0) is 14.5. The fraction of sp³-hybridized carbons (Fsp3) is 0.733. The third-order valence-electron chi connectivity index (χ3n) is 4.02. The number of nitrogens with zero attached hydrogens (tertiary/aromatic N) is 3. The van der Waals surface area contributed by atoms with E-state index in [0.29, 0.717) is 24.9 Å². The number of aromatic nitrogens is 2. The largest absolute Gasteiger partial charge is 0.384 e. The lowest BCUT2D eigenvalue weighted by Crippen LogP contribution is -2.36. The van der Waals surface area contributed by atoms with E-state index in [9.17, 15) is 0 Å². The van der Waals surface area contributed by atoms with Crippen LogP contribution in [-0.4, -0.2) is 29.7 Å². The van der Waals surface area contributed by atoms with Crippen LogP contribution >= 0.6 is 0 Å². The molecule has 0 aromatic carbocycles. The lowest BCUT2D eigenvalue weighted by molar-refractivity contribution is 0.128. The Hall–Kier alpha value is -1.36. The highest BCUT2D eigenvalue weighted by Gasteiger charge is 2.22. The van der Waals surface area contributed by atoms with Crippen LogP contribution in [0.25, 0.3) is 0 Å². The molecule has 0 saturated carbocycles. The summed E-state index contributed by atoms with van der Waals surface area (Å²) in [6.07, 6.45) is 2.45. The summed E-state index contributed by atoms with van der Waals surface area (Å²) in [5, 5.41) is 0. The van der Waals surface area contributed by atoms with Gasteiger partial charge in [-0.15, -0.1) is 0 Å². The molecule has 0 unspecified atom stereocenters. The molecule has 2 heterocycles. The summed E-state index contributed by atoms with van der Waals surface area (Å²) in [6.45, 7) is 9.77. The van der Waals surface area contributed by atoms with Gasteiger partial charge in [0, 0.05) is 25.8 Å². The molecule has 0 radical (unpaired) electrons. The molecule has 1 aliphatic heterocycles. The third kappa shape index (κ3) is 3.82. The van der Waals surface area contributed by atoms with Crippen LogP contribution in [0.5, 0.6) is 0 Å². The predicted molar refractivity (Wildman–Crippen MR) is 81.5 cm³/mol. The predicted octanol–water partition coefficient (Wildman–Crippen LogP) is 2.47. The second kappa shape index (κ2) is 6.88. The van der Waals surface area contributed by atoms with Crippen molar-refractivity contribution in [1.29, 1.82) is 0 Å². The Labute approximate surface area is 121 Å². The van der Waals surface area contributed by atoms with Gasteiger partial charge in [0.1, 0.15) is 18.2 Å². The van der Waals surface area contributed by atoms with Crippen LogP contribution in [0.3, 0.4) is 0 Å². The maximum atomic E-state index is 5.88. The van der Waals surface area contributed by atoms with E-state index < -0.39 is 0 Å². The molecular weight excluding hydrogens is 252 g/mol. The maximum absolute atomic E-state index is 5.88. The van der Waals surface area contributed by atoms with Crippen molar-refractivity contribution in [2.75, 3.05) is 30.3 Å². The van der Waals surface area contributed by atoms with Gasteiger partial charge in [-0.1, -0.05) is 13.8 Å². The Balaban J connectivity index is 2.03. The summed E-state index contributed by atoms with van der Waals surface area (Å²) >= 11 is 0. The van der Waals surface area contributed by atoms with Crippen molar-refractivity contribution in [2.45, 2.75) is 40.2 Å². The number of rotatable bonds is 5. The van der Waals surface area contributed by atoms with Crippen molar-refractivity contribution in [3.8, 4) is 0 Å². The van der Waals surface area contributed by atoms with Crippen molar-refractivity contribution >= 4 is 11.6 Å². The number of hydrogen-bond donors (Lipinski definition) is 1. The van der Waals surface area contributed by atoms with E-state index >= 15 is 0 Å². The Morgan fingerprint density at radius 2 is 2.05 bits per heavy atom. The molecule has 0 amide bonds. The third-order valence-corrected chi connectivity index (χ3v) is 4.02. The van der Waals surface area contributed by atoms with Crippen LogP contribution < -0.4 is 10.6 Å². The van der Waals surface area contributed by atoms with Crippen molar-refractivity contribution in [3.05, 3.63) is 11.9 Å². The van der Waals surface area contributed by atoms with Gasteiger partial charge in [-0.25, -0.2) is 9.97 Å². The second-order valence-electron chi connectivity index (χ2n) is 5.77. The van der Waals surface area contributed by atoms with Gasteiger partial charge in [0.25, 0.3) is 0 Å². The second-order valence-corrected chi connectivity index (χ2v) is 5.77.